The first-order valence-corrected chi connectivity index (χ1v) is 5.79. The van der Waals surface area contributed by atoms with E-state index in [1.165, 1.54) is 0 Å². The van der Waals surface area contributed by atoms with Crippen LogP contribution >= 0.6 is 0 Å². The van der Waals surface area contributed by atoms with E-state index in [1.807, 2.05) is 35.4 Å². The van der Waals surface area contributed by atoms with Crippen LogP contribution in [0.2, 0.25) is 0 Å². The van der Waals surface area contributed by atoms with E-state index in [1.54, 1.807) is 0 Å². The van der Waals surface area contributed by atoms with Crippen molar-refractivity contribution in [3.05, 3.63) is 36.0 Å². The molecule has 17 heavy (non-hydrogen) atoms. The Labute approximate surface area is 99.2 Å². The van der Waals surface area contributed by atoms with Gasteiger partial charge in [-0.15, -0.1) is 0 Å². The highest BCUT2D eigenvalue weighted by atomic mass is 16.5. The average Bonchev–Trinajstić information content (AvgIpc) is 2.86. The Morgan fingerprint density at radius 2 is 2.06 bits per heavy atom. The molecule has 2 heterocycles. The van der Waals surface area contributed by atoms with Crippen molar-refractivity contribution in [1.29, 1.82) is 0 Å². The second-order valence-corrected chi connectivity index (χ2v) is 4.18. The van der Waals surface area contributed by atoms with Gasteiger partial charge < -0.3 is 14.6 Å². The van der Waals surface area contributed by atoms with Crippen LogP contribution in [0.15, 0.2) is 30.5 Å². The van der Waals surface area contributed by atoms with E-state index in [2.05, 4.69) is 4.98 Å². The summed E-state index contributed by atoms with van der Waals surface area (Å²) in [7, 11) is 0. The number of carbonyl (C=O) groups excluding carboxylic acids is 1. The summed E-state index contributed by atoms with van der Waals surface area (Å²) in [5.74, 6) is 0.0878. The van der Waals surface area contributed by atoms with E-state index < -0.39 is 0 Å². The molecule has 0 bridgehead atoms. The van der Waals surface area contributed by atoms with Gasteiger partial charge in [0.05, 0.1) is 13.2 Å². The van der Waals surface area contributed by atoms with Gasteiger partial charge in [0.2, 0.25) is 0 Å². The second kappa shape index (κ2) is 4.22. The molecule has 1 aromatic heterocycles. The highest BCUT2D eigenvalue weighted by Crippen LogP contribution is 2.16. The lowest BCUT2D eigenvalue weighted by molar-refractivity contribution is 0.0303. The summed E-state index contributed by atoms with van der Waals surface area (Å²) in [6, 6.07) is 7.76. The van der Waals surface area contributed by atoms with Gasteiger partial charge in [0.1, 0.15) is 0 Å². The number of nitrogens with one attached hydrogen (secondary N) is 1. The van der Waals surface area contributed by atoms with Crippen molar-refractivity contribution >= 4 is 16.8 Å². The first kappa shape index (κ1) is 10.4. The molecular formula is C13H14N2O2. The molecule has 1 aromatic carbocycles. The molecule has 0 unspecified atom stereocenters. The van der Waals surface area contributed by atoms with Crippen molar-refractivity contribution in [2.75, 3.05) is 26.3 Å². The third-order valence-corrected chi connectivity index (χ3v) is 3.10. The maximum Gasteiger partial charge on any atom is 0.254 e. The number of hydrogen-bond donors (Lipinski definition) is 1. The molecule has 0 spiro atoms. The van der Waals surface area contributed by atoms with Gasteiger partial charge in [-0.25, -0.2) is 0 Å². The topological polar surface area (TPSA) is 45.3 Å². The zero-order chi connectivity index (χ0) is 11.7. The number of carbonyl (C=O) groups is 1. The summed E-state index contributed by atoms with van der Waals surface area (Å²) in [4.78, 5) is 17.2. The summed E-state index contributed by atoms with van der Waals surface area (Å²) < 4.78 is 5.24. The van der Waals surface area contributed by atoms with E-state index >= 15 is 0 Å². The fourth-order valence-electron chi connectivity index (χ4n) is 2.13. The number of rotatable bonds is 1. The smallest absolute Gasteiger partial charge is 0.254 e. The van der Waals surface area contributed by atoms with Crippen molar-refractivity contribution < 1.29 is 9.53 Å². The molecular weight excluding hydrogens is 216 g/mol. The van der Waals surface area contributed by atoms with Crippen LogP contribution in [-0.4, -0.2) is 42.1 Å². The van der Waals surface area contributed by atoms with E-state index in [9.17, 15) is 4.79 Å². The lowest BCUT2D eigenvalue weighted by Crippen LogP contribution is -2.40. The molecule has 1 saturated heterocycles. The number of amides is 1. The quantitative estimate of drug-likeness (QED) is 0.809. The number of aromatic nitrogens is 1. The van der Waals surface area contributed by atoms with Gasteiger partial charge in [0.15, 0.2) is 0 Å². The number of ether oxygens (including phenoxy) is 1. The Hall–Kier alpha value is -1.81. The van der Waals surface area contributed by atoms with Crippen LogP contribution in [0.5, 0.6) is 0 Å². The molecule has 4 nitrogen and oxygen atoms in total. The van der Waals surface area contributed by atoms with Crippen molar-refractivity contribution in [2.45, 2.75) is 0 Å². The van der Waals surface area contributed by atoms with Crippen LogP contribution < -0.4 is 0 Å². The molecule has 2 aromatic rings. The summed E-state index contributed by atoms with van der Waals surface area (Å²) in [5.41, 5.74) is 1.74. The fourth-order valence-corrected chi connectivity index (χ4v) is 2.13. The molecule has 1 amide bonds. The van der Waals surface area contributed by atoms with Gasteiger partial charge in [0, 0.05) is 30.4 Å². The molecule has 0 aliphatic carbocycles. The Bertz CT molecular complexity index is 541. The molecule has 1 N–H and O–H groups in total. The van der Waals surface area contributed by atoms with Crippen molar-refractivity contribution in [2.24, 2.45) is 0 Å². The molecule has 0 atom stereocenters. The SMILES string of the molecule is O=C(c1ccc2cc[nH]c2c1)N1CCOCC1. The molecule has 0 saturated carbocycles. The van der Waals surface area contributed by atoms with Gasteiger partial charge in [-0.1, -0.05) is 6.07 Å². The van der Waals surface area contributed by atoms with E-state index in [4.69, 9.17) is 4.74 Å². The summed E-state index contributed by atoms with van der Waals surface area (Å²) in [5, 5.41) is 1.13. The minimum atomic E-state index is 0.0878. The van der Waals surface area contributed by atoms with Crippen molar-refractivity contribution in [3.63, 3.8) is 0 Å². The summed E-state index contributed by atoms with van der Waals surface area (Å²) in [6.07, 6.45) is 1.88. The highest BCUT2D eigenvalue weighted by molar-refractivity contribution is 5.97. The minimum Gasteiger partial charge on any atom is -0.378 e. The third kappa shape index (κ3) is 1.91. The molecule has 1 aliphatic rings. The fraction of sp³-hybridized carbons (Fsp3) is 0.308. The number of fused-ring (bicyclic) bond motifs is 1. The van der Waals surface area contributed by atoms with Gasteiger partial charge in [-0.05, 0) is 23.6 Å². The number of morpholine rings is 1. The standard InChI is InChI=1S/C13H14N2O2/c16-13(15-5-7-17-8-6-15)11-2-1-10-3-4-14-12(10)9-11/h1-4,9,14H,5-8H2. The summed E-state index contributed by atoms with van der Waals surface area (Å²) in [6.45, 7) is 2.64. The molecule has 1 aliphatic heterocycles. The lowest BCUT2D eigenvalue weighted by Gasteiger charge is -2.26. The largest absolute Gasteiger partial charge is 0.378 e. The lowest BCUT2D eigenvalue weighted by atomic mass is 10.1. The van der Waals surface area contributed by atoms with Crippen LogP contribution in [0.4, 0.5) is 0 Å². The molecule has 88 valence electrons. The monoisotopic (exact) mass is 230 g/mol. The van der Waals surface area contributed by atoms with E-state index in [0.717, 1.165) is 16.5 Å². The van der Waals surface area contributed by atoms with Crippen LogP contribution in [0, 0.1) is 0 Å². The van der Waals surface area contributed by atoms with Gasteiger partial charge in [0.25, 0.3) is 5.91 Å². The van der Waals surface area contributed by atoms with Crippen molar-refractivity contribution in [1.82, 2.24) is 9.88 Å². The predicted molar refractivity (Wildman–Crippen MR) is 65.0 cm³/mol. The van der Waals surface area contributed by atoms with Gasteiger partial charge >= 0.3 is 0 Å². The third-order valence-electron chi connectivity index (χ3n) is 3.10. The van der Waals surface area contributed by atoms with Crippen molar-refractivity contribution in [3.8, 4) is 0 Å². The molecule has 4 heteroatoms. The first-order chi connectivity index (χ1) is 8.34. The van der Waals surface area contributed by atoms with Crippen LogP contribution in [0.3, 0.4) is 0 Å². The first-order valence-electron chi connectivity index (χ1n) is 5.79. The number of benzene rings is 1. The van der Waals surface area contributed by atoms with E-state index in [0.29, 0.717) is 26.3 Å². The Balaban J connectivity index is 1.88. The minimum absolute atomic E-state index is 0.0878. The van der Waals surface area contributed by atoms with Gasteiger partial charge in [-0.3, -0.25) is 4.79 Å². The Morgan fingerprint density at radius 3 is 2.88 bits per heavy atom. The second-order valence-electron chi connectivity index (χ2n) is 4.18. The van der Waals surface area contributed by atoms with Crippen LogP contribution in [0.25, 0.3) is 10.9 Å². The molecule has 0 radical (unpaired) electrons. The predicted octanol–water partition coefficient (Wildman–Crippen LogP) is 1.64. The van der Waals surface area contributed by atoms with Gasteiger partial charge in [-0.2, -0.15) is 0 Å². The average molecular weight is 230 g/mol. The Morgan fingerprint density at radius 1 is 1.24 bits per heavy atom. The molecule has 1 fully saturated rings. The summed E-state index contributed by atoms with van der Waals surface area (Å²) >= 11 is 0. The van der Waals surface area contributed by atoms with E-state index in [-0.39, 0.29) is 5.91 Å². The maximum atomic E-state index is 12.2. The number of H-pyrrole nitrogens is 1. The highest BCUT2D eigenvalue weighted by Gasteiger charge is 2.18. The normalized spacial score (nSPS) is 16.4. The Kier molecular flexibility index (Phi) is 2.57. The zero-order valence-electron chi connectivity index (χ0n) is 9.48. The molecule has 3 rings (SSSR count). The van der Waals surface area contributed by atoms with Crippen LogP contribution in [0.1, 0.15) is 10.4 Å². The maximum absolute atomic E-state index is 12.2. The number of hydrogen-bond acceptors (Lipinski definition) is 2. The zero-order valence-corrected chi connectivity index (χ0v) is 9.48. The van der Waals surface area contributed by atoms with Crippen LogP contribution in [-0.2, 0) is 4.74 Å². The number of aromatic amines is 1. The number of nitrogens with zero attached hydrogens (tertiary/aromatic N) is 1.